The van der Waals surface area contributed by atoms with E-state index in [1.54, 1.807) is 31.3 Å². The van der Waals surface area contributed by atoms with Gasteiger partial charge in [-0.1, -0.05) is 47.5 Å². The van der Waals surface area contributed by atoms with Crippen LogP contribution in [-0.2, 0) is 26.8 Å². The maximum atomic E-state index is 13.9. The number of hydrogen-bond donors (Lipinski definition) is 2. The number of nitrogen functional groups attached to an aromatic ring is 1. The molecule has 0 aliphatic carbocycles. The standard InChI is InChI=1S/C24H20Cl2N6O3S/c1-24(12-14-4-6-15(7-5-14)19-3-2-8-29-21(19)27)22(33)31(18-10-16(25)9-17(26)11-18)23-30-13-20(32(23)24)36(28,34)35/h2-11,13H,12H2,1H3,(H2,27,29)(H2,28,34,35). The van der Waals surface area contributed by atoms with Gasteiger partial charge in [-0.2, -0.15) is 0 Å². The monoisotopic (exact) mass is 542 g/mol. The zero-order valence-corrected chi connectivity index (χ0v) is 21.2. The molecule has 2 aromatic carbocycles. The predicted octanol–water partition coefficient (Wildman–Crippen LogP) is 4.12. The Morgan fingerprint density at radius 3 is 2.31 bits per heavy atom. The number of nitrogens with zero attached hydrogens (tertiary/aromatic N) is 4. The molecule has 1 unspecified atom stereocenters. The molecule has 5 rings (SSSR count). The molecule has 1 atom stereocenters. The van der Waals surface area contributed by atoms with E-state index in [0.29, 0.717) is 21.6 Å². The summed E-state index contributed by atoms with van der Waals surface area (Å²) < 4.78 is 26.2. The summed E-state index contributed by atoms with van der Waals surface area (Å²) in [5.41, 5.74) is 7.41. The fourth-order valence-corrected chi connectivity index (χ4v) is 5.75. The van der Waals surface area contributed by atoms with E-state index in [1.807, 2.05) is 30.3 Å². The Balaban J connectivity index is 1.60. The number of pyridine rings is 1. The molecule has 0 fully saturated rings. The normalized spacial score (nSPS) is 17.4. The van der Waals surface area contributed by atoms with Crippen LogP contribution in [-0.4, -0.2) is 28.9 Å². The third-order valence-electron chi connectivity index (χ3n) is 6.12. The highest BCUT2D eigenvalue weighted by atomic mass is 35.5. The molecule has 0 bridgehead atoms. The predicted molar refractivity (Wildman–Crippen MR) is 139 cm³/mol. The van der Waals surface area contributed by atoms with Crippen molar-refractivity contribution in [1.82, 2.24) is 14.5 Å². The van der Waals surface area contributed by atoms with Crippen LogP contribution in [0.3, 0.4) is 0 Å². The molecule has 12 heteroatoms. The lowest BCUT2D eigenvalue weighted by Gasteiger charge is -2.26. The van der Waals surface area contributed by atoms with Gasteiger partial charge >= 0.3 is 0 Å². The van der Waals surface area contributed by atoms with Gasteiger partial charge in [-0.3, -0.25) is 9.36 Å². The van der Waals surface area contributed by atoms with Crippen LogP contribution in [0.15, 0.2) is 72.0 Å². The van der Waals surface area contributed by atoms with Crippen molar-refractivity contribution in [1.29, 1.82) is 0 Å². The Bertz CT molecular complexity index is 1600. The van der Waals surface area contributed by atoms with Crippen molar-refractivity contribution >= 4 is 56.6 Å². The Labute approximate surface area is 217 Å². The van der Waals surface area contributed by atoms with E-state index in [1.165, 1.54) is 15.5 Å². The summed E-state index contributed by atoms with van der Waals surface area (Å²) in [6.07, 6.45) is 2.92. The van der Waals surface area contributed by atoms with E-state index in [-0.39, 0.29) is 17.4 Å². The fourth-order valence-electron chi connectivity index (χ4n) is 4.49. The second kappa shape index (κ2) is 8.59. The summed E-state index contributed by atoms with van der Waals surface area (Å²) in [5.74, 6) is 0.0962. The third-order valence-corrected chi connectivity index (χ3v) is 7.42. The van der Waals surface area contributed by atoms with Gasteiger partial charge in [-0.15, -0.1) is 0 Å². The number of sulfonamides is 1. The minimum Gasteiger partial charge on any atom is -0.383 e. The van der Waals surface area contributed by atoms with Crippen molar-refractivity contribution < 1.29 is 13.2 Å². The van der Waals surface area contributed by atoms with Crippen molar-refractivity contribution in [3.63, 3.8) is 0 Å². The van der Waals surface area contributed by atoms with Crippen molar-refractivity contribution in [2.75, 3.05) is 10.6 Å². The maximum absolute atomic E-state index is 13.9. The molecule has 1 amide bonds. The molecule has 3 heterocycles. The molecule has 9 nitrogen and oxygen atoms in total. The second-order valence-corrected chi connectivity index (χ2v) is 11.0. The van der Waals surface area contributed by atoms with Gasteiger partial charge in [0, 0.05) is 28.2 Å². The lowest BCUT2D eigenvalue weighted by atomic mass is 9.91. The van der Waals surface area contributed by atoms with Crippen LogP contribution in [0.5, 0.6) is 0 Å². The van der Waals surface area contributed by atoms with E-state index in [2.05, 4.69) is 9.97 Å². The summed E-state index contributed by atoms with van der Waals surface area (Å²) in [6, 6.07) is 15.8. The minimum absolute atomic E-state index is 0.101. The number of carbonyl (C=O) groups excluding carboxylic acids is 1. The van der Waals surface area contributed by atoms with Gasteiger partial charge in [-0.25, -0.2) is 28.4 Å². The first-order valence-electron chi connectivity index (χ1n) is 10.7. The highest BCUT2D eigenvalue weighted by molar-refractivity contribution is 7.89. The van der Waals surface area contributed by atoms with Crippen LogP contribution in [0.1, 0.15) is 12.5 Å². The molecule has 1 aliphatic heterocycles. The second-order valence-electron chi connectivity index (χ2n) is 8.63. The number of benzene rings is 2. The van der Waals surface area contributed by atoms with Crippen LogP contribution >= 0.6 is 23.2 Å². The van der Waals surface area contributed by atoms with E-state index in [0.717, 1.165) is 22.9 Å². The number of nitrogens with two attached hydrogens (primary N) is 2. The summed E-state index contributed by atoms with van der Waals surface area (Å²) in [6.45, 7) is 1.65. The van der Waals surface area contributed by atoms with Gasteiger partial charge in [0.1, 0.15) is 11.4 Å². The lowest BCUT2D eigenvalue weighted by Crippen LogP contribution is -2.42. The number of carbonyl (C=O) groups is 1. The summed E-state index contributed by atoms with van der Waals surface area (Å²) in [4.78, 5) is 23.6. The van der Waals surface area contributed by atoms with E-state index in [9.17, 15) is 13.2 Å². The van der Waals surface area contributed by atoms with Crippen molar-refractivity contribution in [2.24, 2.45) is 5.14 Å². The van der Waals surface area contributed by atoms with Crippen molar-refractivity contribution in [2.45, 2.75) is 23.9 Å². The molecule has 184 valence electrons. The highest BCUT2D eigenvalue weighted by Crippen LogP contribution is 2.44. The molecular formula is C24H20Cl2N6O3S. The quantitative estimate of drug-likeness (QED) is 0.389. The number of aromatic nitrogens is 3. The molecule has 2 aromatic heterocycles. The van der Waals surface area contributed by atoms with Crippen LogP contribution in [0.4, 0.5) is 17.5 Å². The molecule has 4 aromatic rings. The first-order valence-corrected chi connectivity index (χ1v) is 13.0. The number of anilines is 3. The topological polar surface area (TPSA) is 137 Å². The van der Waals surface area contributed by atoms with Crippen molar-refractivity contribution in [3.05, 3.63) is 82.6 Å². The lowest BCUT2D eigenvalue weighted by molar-refractivity contribution is -0.124. The Hall–Kier alpha value is -3.44. The SMILES string of the molecule is CC1(Cc2ccc(-c3cccnc3N)cc2)C(=O)N(c2cc(Cl)cc(Cl)c2)c2ncc(S(N)(=O)=O)n21. The summed E-state index contributed by atoms with van der Waals surface area (Å²) in [7, 11) is -4.19. The molecule has 0 saturated carbocycles. The molecule has 0 radical (unpaired) electrons. The Kier molecular flexibility index (Phi) is 5.79. The van der Waals surface area contributed by atoms with Crippen molar-refractivity contribution in [3.8, 4) is 11.1 Å². The van der Waals surface area contributed by atoms with E-state index in [4.69, 9.17) is 34.1 Å². The molecule has 0 spiro atoms. The summed E-state index contributed by atoms with van der Waals surface area (Å²) >= 11 is 12.4. The van der Waals surface area contributed by atoms with E-state index >= 15 is 0 Å². The zero-order valence-electron chi connectivity index (χ0n) is 18.9. The first kappa shape index (κ1) is 24.3. The number of fused-ring (bicyclic) bond motifs is 1. The number of hydrogen-bond acceptors (Lipinski definition) is 6. The van der Waals surface area contributed by atoms with Crippen LogP contribution in [0.25, 0.3) is 11.1 Å². The average Bonchev–Trinajstić information content (AvgIpc) is 3.33. The van der Waals surface area contributed by atoms with Gasteiger partial charge in [-0.05, 0) is 48.4 Å². The van der Waals surface area contributed by atoms with Crippen LogP contribution < -0.4 is 15.8 Å². The van der Waals surface area contributed by atoms with Gasteiger partial charge < -0.3 is 5.73 Å². The fraction of sp³-hybridized carbons (Fsp3) is 0.125. The Morgan fingerprint density at radius 1 is 1.03 bits per heavy atom. The largest absolute Gasteiger partial charge is 0.383 e. The molecular weight excluding hydrogens is 523 g/mol. The number of rotatable bonds is 5. The molecule has 36 heavy (non-hydrogen) atoms. The van der Waals surface area contributed by atoms with Crippen LogP contribution in [0, 0.1) is 0 Å². The maximum Gasteiger partial charge on any atom is 0.260 e. The van der Waals surface area contributed by atoms with Gasteiger partial charge in [0.15, 0.2) is 5.03 Å². The molecule has 1 aliphatic rings. The number of primary sulfonamides is 1. The number of imidazole rings is 1. The Morgan fingerprint density at radius 2 is 1.69 bits per heavy atom. The molecule has 4 N–H and O–H groups in total. The van der Waals surface area contributed by atoms with Gasteiger partial charge in [0.25, 0.3) is 15.9 Å². The third kappa shape index (κ3) is 4.01. The van der Waals surface area contributed by atoms with E-state index < -0.39 is 21.5 Å². The number of amides is 1. The van der Waals surface area contributed by atoms with Gasteiger partial charge in [0.05, 0.1) is 11.9 Å². The van der Waals surface area contributed by atoms with Crippen LogP contribution in [0.2, 0.25) is 10.0 Å². The highest BCUT2D eigenvalue weighted by Gasteiger charge is 2.51. The average molecular weight is 543 g/mol. The van der Waals surface area contributed by atoms with Gasteiger partial charge in [0.2, 0.25) is 5.95 Å². The minimum atomic E-state index is -4.19. The zero-order chi connectivity index (χ0) is 25.8. The molecule has 0 saturated heterocycles. The summed E-state index contributed by atoms with van der Waals surface area (Å²) in [5, 5.41) is 5.84. The first-order chi connectivity index (χ1) is 17.0. The number of halogens is 2. The smallest absolute Gasteiger partial charge is 0.260 e.